The number of nitrogens with two attached hydrogens (primary N) is 1. The van der Waals surface area contributed by atoms with Crippen LogP contribution in [-0.4, -0.2) is 81.1 Å². The van der Waals surface area contributed by atoms with Gasteiger partial charge in [0.15, 0.2) is 0 Å². The van der Waals surface area contributed by atoms with E-state index in [0.29, 0.717) is 90.0 Å². The van der Waals surface area contributed by atoms with E-state index >= 15 is 0 Å². The van der Waals surface area contributed by atoms with Crippen LogP contribution in [0, 0.1) is 11.8 Å². The number of esters is 2. The lowest BCUT2D eigenvalue weighted by molar-refractivity contribution is -0.146. The van der Waals surface area contributed by atoms with E-state index in [2.05, 4.69) is 43.2 Å². The third-order valence-corrected chi connectivity index (χ3v) is 11.3. The Balaban J connectivity index is 4.11. The Bertz CT molecular complexity index is 870. The molecule has 0 aliphatic rings. The molecule has 0 heterocycles. The first-order valence-corrected chi connectivity index (χ1v) is 24.6. The summed E-state index contributed by atoms with van der Waals surface area (Å²) in [5, 5.41) is 5.99. The predicted molar refractivity (Wildman–Crippen MR) is 242 cm³/mol. The lowest BCUT2D eigenvalue weighted by atomic mass is 9.95. The molecule has 0 aromatic heterocycles. The van der Waals surface area contributed by atoms with Crippen LogP contribution in [0.3, 0.4) is 0 Å². The van der Waals surface area contributed by atoms with Crippen molar-refractivity contribution in [2.75, 3.05) is 52.5 Å². The predicted octanol–water partition coefficient (Wildman–Crippen LogP) is 10.6. The van der Waals surface area contributed by atoms with Gasteiger partial charge in [-0.25, -0.2) is 0 Å². The summed E-state index contributed by atoms with van der Waals surface area (Å²) < 4.78 is 11.4. The molecule has 0 radical (unpaired) electrons. The van der Waals surface area contributed by atoms with Crippen LogP contribution in [-0.2, 0) is 28.7 Å². The zero-order valence-corrected chi connectivity index (χ0v) is 38.5. The highest BCUT2D eigenvalue weighted by molar-refractivity contribution is 5.76. The maximum atomic E-state index is 12.5. The van der Waals surface area contributed by atoms with Gasteiger partial charge in [-0.05, 0) is 63.2 Å². The largest absolute Gasteiger partial charge is 0.465 e. The lowest BCUT2D eigenvalue weighted by Crippen LogP contribution is -2.37. The van der Waals surface area contributed by atoms with E-state index in [9.17, 15) is 19.2 Å². The number of ether oxygens (including phenoxy) is 2. The van der Waals surface area contributed by atoms with Gasteiger partial charge >= 0.3 is 11.9 Å². The first-order valence-electron chi connectivity index (χ1n) is 24.6. The second kappa shape index (κ2) is 42.9. The van der Waals surface area contributed by atoms with E-state index < -0.39 is 0 Å². The van der Waals surface area contributed by atoms with E-state index in [1.807, 2.05) is 0 Å². The van der Waals surface area contributed by atoms with Crippen molar-refractivity contribution in [3.63, 3.8) is 0 Å². The molecule has 0 aliphatic heterocycles. The molecule has 0 unspecified atom stereocenters. The molecular formula is C48H94N4O6. The van der Waals surface area contributed by atoms with Gasteiger partial charge in [-0.1, -0.05) is 143 Å². The van der Waals surface area contributed by atoms with Gasteiger partial charge in [0.1, 0.15) is 0 Å². The molecule has 0 saturated heterocycles. The van der Waals surface area contributed by atoms with E-state index in [0.717, 1.165) is 64.2 Å². The lowest BCUT2D eigenvalue weighted by Gasteiger charge is -2.21. The summed E-state index contributed by atoms with van der Waals surface area (Å²) in [7, 11) is 0. The molecule has 10 heteroatoms. The normalized spacial score (nSPS) is 11.4. The third-order valence-electron chi connectivity index (χ3n) is 11.3. The first kappa shape index (κ1) is 55.8. The van der Waals surface area contributed by atoms with Crippen LogP contribution >= 0.6 is 0 Å². The summed E-state index contributed by atoms with van der Waals surface area (Å²) in [4.78, 5) is 51.9. The highest BCUT2D eigenvalue weighted by Gasteiger charge is 2.15. The fourth-order valence-electron chi connectivity index (χ4n) is 7.44. The van der Waals surface area contributed by atoms with E-state index in [4.69, 9.17) is 15.2 Å². The van der Waals surface area contributed by atoms with E-state index in [1.54, 1.807) is 0 Å². The topological polar surface area (TPSA) is 140 Å². The molecule has 0 rings (SSSR count). The van der Waals surface area contributed by atoms with Gasteiger partial charge in [-0.15, -0.1) is 0 Å². The van der Waals surface area contributed by atoms with Gasteiger partial charge in [0, 0.05) is 65.0 Å². The number of rotatable bonds is 44. The van der Waals surface area contributed by atoms with Crippen LogP contribution in [0.25, 0.3) is 0 Å². The summed E-state index contributed by atoms with van der Waals surface area (Å²) in [6.45, 7) is 13.4. The smallest absolute Gasteiger partial charge is 0.305 e. The molecule has 0 aromatic carbocycles. The number of nitrogens with one attached hydrogen (secondary N) is 2. The number of carbonyl (C=O) groups is 4. The summed E-state index contributed by atoms with van der Waals surface area (Å²) in [6, 6.07) is 0. The Morgan fingerprint density at radius 2 is 0.793 bits per heavy atom. The number of carbonyl (C=O) groups excluding carboxylic acids is 4. The van der Waals surface area contributed by atoms with Gasteiger partial charge in [0.05, 0.1) is 13.2 Å². The van der Waals surface area contributed by atoms with E-state index in [1.165, 1.54) is 103 Å². The van der Waals surface area contributed by atoms with Crippen LogP contribution < -0.4 is 16.4 Å². The average molecular weight is 823 g/mol. The van der Waals surface area contributed by atoms with E-state index in [-0.39, 0.29) is 23.8 Å². The Kier molecular flexibility index (Phi) is 41.3. The molecule has 0 fully saturated rings. The summed E-state index contributed by atoms with van der Waals surface area (Å²) in [5.41, 5.74) is 5.81. The van der Waals surface area contributed by atoms with Crippen LogP contribution in [0.4, 0.5) is 0 Å². The molecule has 0 aromatic rings. The SMILES string of the molecule is CCCCCCC(CCCCCC)COC(=O)CCCCCNC(=O)CCN(CCN)CCC(=O)NCCCCCC(=O)OCC(CCCCCC)CCCCCC. The molecule has 58 heavy (non-hydrogen) atoms. The first-order chi connectivity index (χ1) is 28.3. The highest BCUT2D eigenvalue weighted by atomic mass is 16.5. The number of nitrogens with zero attached hydrogens (tertiary/aromatic N) is 1. The maximum absolute atomic E-state index is 12.5. The molecule has 0 saturated carbocycles. The number of unbranched alkanes of at least 4 members (excludes halogenated alkanes) is 16. The fourth-order valence-corrected chi connectivity index (χ4v) is 7.44. The summed E-state index contributed by atoms with van der Waals surface area (Å²) >= 11 is 0. The second-order valence-corrected chi connectivity index (χ2v) is 16.9. The van der Waals surface area contributed by atoms with Crippen LogP contribution in [0.1, 0.15) is 220 Å². The van der Waals surface area contributed by atoms with Gasteiger partial charge < -0.3 is 30.7 Å². The Hall–Kier alpha value is -2.20. The van der Waals surface area contributed by atoms with Crippen molar-refractivity contribution in [1.82, 2.24) is 15.5 Å². The monoisotopic (exact) mass is 823 g/mol. The summed E-state index contributed by atoms with van der Waals surface area (Å²) in [6.07, 6.45) is 31.1. The van der Waals surface area contributed by atoms with Crippen molar-refractivity contribution in [1.29, 1.82) is 0 Å². The molecule has 2 amide bonds. The minimum absolute atomic E-state index is 0.0108. The molecule has 0 atom stereocenters. The minimum atomic E-state index is -0.0983. The van der Waals surface area contributed by atoms with Crippen molar-refractivity contribution in [3.8, 4) is 0 Å². The number of hydrogen-bond acceptors (Lipinski definition) is 8. The summed E-state index contributed by atoms with van der Waals surface area (Å²) in [5.74, 6) is 0.744. The quantitative estimate of drug-likeness (QED) is 0.0408. The highest BCUT2D eigenvalue weighted by Crippen LogP contribution is 2.21. The van der Waals surface area contributed by atoms with Gasteiger partial charge in [0.25, 0.3) is 0 Å². The average Bonchev–Trinajstić information content (AvgIpc) is 3.22. The number of hydrogen-bond donors (Lipinski definition) is 3. The van der Waals surface area contributed by atoms with Crippen molar-refractivity contribution >= 4 is 23.8 Å². The van der Waals surface area contributed by atoms with Gasteiger partial charge in [-0.2, -0.15) is 0 Å². The third kappa shape index (κ3) is 38.0. The Labute approximate surface area is 357 Å². The fraction of sp³-hybridized carbons (Fsp3) is 0.917. The Morgan fingerprint density at radius 3 is 1.12 bits per heavy atom. The molecule has 4 N–H and O–H groups in total. The zero-order chi connectivity index (χ0) is 42.7. The maximum Gasteiger partial charge on any atom is 0.305 e. The number of amides is 2. The van der Waals surface area contributed by atoms with Crippen LogP contribution in [0.2, 0.25) is 0 Å². The van der Waals surface area contributed by atoms with Crippen LogP contribution in [0.5, 0.6) is 0 Å². The standard InChI is InChI=1S/C48H94N4O6/c1-5-9-13-19-27-43(28-20-14-10-6-2)41-57-47(55)31-23-17-25-36-50-45(53)33-38-52(40-35-49)39-34-46(54)51-37-26-18-24-32-48(56)58-42-44(29-21-15-11-7-3)30-22-16-12-8-4/h43-44H,5-42,49H2,1-4H3,(H,50,53)(H,51,54). The van der Waals surface area contributed by atoms with Crippen molar-refractivity contribution in [2.45, 2.75) is 220 Å². The molecule has 10 nitrogen and oxygen atoms in total. The molecule has 0 bridgehead atoms. The zero-order valence-electron chi connectivity index (χ0n) is 38.5. The minimum Gasteiger partial charge on any atom is -0.465 e. The Morgan fingerprint density at radius 1 is 0.448 bits per heavy atom. The second-order valence-electron chi connectivity index (χ2n) is 16.9. The molecule has 342 valence electrons. The van der Waals surface area contributed by atoms with Crippen molar-refractivity contribution in [2.24, 2.45) is 17.6 Å². The molecule has 0 spiro atoms. The molecule has 0 aliphatic carbocycles. The van der Waals surface area contributed by atoms with Gasteiger partial charge in [-0.3, -0.25) is 19.2 Å². The van der Waals surface area contributed by atoms with Crippen molar-refractivity contribution in [3.05, 3.63) is 0 Å². The van der Waals surface area contributed by atoms with Crippen LogP contribution in [0.15, 0.2) is 0 Å². The van der Waals surface area contributed by atoms with Gasteiger partial charge in [0.2, 0.25) is 11.8 Å². The molecular weight excluding hydrogens is 729 g/mol. The van der Waals surface area contributed by atoms with Crippen molar-refractivity contribution < 1.29 is 28.7 Å².